The predicted octanol–water partition coefficient (Wildman–Crippen LogP) is -1.80. The Morgan fingerprint density at radius 3 is 2.10 bits per heavy atom. The number of aliphatic hydroxyl groups is 8. The molecule has 6 heterocycles. The highest BCUT2D eigenvalue weighted by Crippen LogP contribution is 2.34. The fourth-order valence-electron chi connectivity index (χ4n) is 12.4. The van der Waals surface area contributed by atoms with Gasteiger partial charge in [0.05, 0.1) is 62.0 Å². The zero-order valence-electron chi connectivity index (χ0n) is 56.2. The van der Waals surface area contributed by atoms with Gasteiger partial charge >= 0.3 is 0 Å². The second-order valence-electron chi connectivity index (χ2n) is 25.6. The van der Waals surface area contributed by atoms with Gasteiger partial charge in [-0.2, -0.15) is 0 Å². The van der Waals surface area contributed by atoms with Gasteiger partial charge in [0, 0.05) is 101 Å². The maximum atomic E-state index is 15.0. The molecular weight excluding hydrogens is 1360 g/mol. The Hall–Kier alpha value is -7.37. The quantitative estimate of drug-likeness (QED) is 0.0123. The molecule has 0 bridgehead atoms. The summed E-state index contributed by atoms with van der Waals surface area (Å²) in [5, 5.41) is 136. The highest BCUT2D eigenvalue weighted by atomic mass is 32.2. The van der Waals surface area contributed by atoms with Crippen LogP contribution in [0.5, 0.6) is 11.5 Å². The number of pyridine rings is 1. The number of hydrogen-bond donors (Lipinski definition) is 16. The Morgan fingerprint density at radius 2 is 1.43 bits per heavy atom. The van der Waals surface area contributed by atoms with E-state index >= 15 is 4.79 Å². The summed E-state index contributed by atoms with van der Waals surface area (Å²) < 4.78 is 20.7. The van der Waals surface area contributed by atoms with Crippen molar-refractivity contribution in [2.75, 3.05) is 77.7 Å². The molecule has 34 nitrogen and oxygen atoms in total. The summed E-state index contributed by atoms with van der Waals surface area (Å²) in [5.74, 6) is -8.82. The van der Waals surface area contributed by atoms with Crippen molar-refractivity contribution in [3.63, 3.8) is 0 Å². The molecule has 0 aliphatic carbocycles. The molecule has 4 aliphatic heterocycles. The molecule has 8 rings (SSSR count). The summed E-state index contributed by atoms with van der Waals surface area (Å²) in [4.78, 5) is 111. The van der Waals surface area contributed by atoms with Gasteiger partial charge in [0.25, 0.3) is 18.2 Å². The van der Waals surface area contributed by atoms with Crippen LogP contribution in [0.3, 0.4) is 0 Å². The number of phenols is 1. The number of nitrogens with zero attached hydrogens (tertiary/aromatic N) is 6. The number of carbonyl (C=O) groups excluding carboxylic acids is 7. The maximum Gasteiger partial charge on any atom is 0.261 e. The number of fused-ring (bicyclic) bond motifs is 2. The van der Waals surface area contributed by atoms with Gasteiger partial charge in [-0.3, -0.25) is 33.6 Å². The monoisotopic (exact) mass is 1460 g/mol. The summed E-state index contributed by atoms with van der Waals surface area (Å²) in [6.45, 7) is 2.82. The number of amides is 7. The predicted molar refractivity (Wildman–Crippen MR) is 361 cm³/mol. The molecule has 0 saturated carbocycles. The number of anilines is 1. The fraction of sp³-hybridized carbons (Fsp3) is 0.600. The molecule has 7 amide bonds. The Labute approximate surface area is 590 Å². The van der Waals surface area contributed by atoms with Crippen LogP contribution in [0.4, 0.5) is 5.82 Å². The number of unbranched alkanes of at least 4 members (excludes halogenated alkanes) is 4. The smallest absolute Gasteiger partial charge is 0.261 e. The van der Waals surface area contributed by atoms with Crippen molar-refractivity contribution in [2.24, 2.45) is 5.92 Å². The molecule has 4 saturated heterocycles. The number of carbonyl (C=O) groups is 7. The third-order valence-corrected chi connectivity index (χ3v) is 19.5. The van der Waals surface area contributed by atoms with Crippen molar-refractivity contribution in [3.8, 4) is 32.6 Å². The number of benzene rings is 2. The van der Waals surface area contributed by atoms with Gasteiger partial charge in [-0.25, -0.2) is 10.2 Å². The molecule has 4 aliphatic rings. The fourth-order valence-corrected chi connectivity index (χ4v) is 13.5. The van der Waals surface area contributed by atoms with Crippen molar-refractivity contribution >= 4 is 70.8 Å². The number of nitrogens with one attached hydrogen (secondary N) is 6. The molecule has 0 spiro atoms. The third kappa shape index (κ3) is 21.8. The molecule has 2 aromatic carbocycles. The first-order valence-corrected chi connectivity index (χ1v) is 35.0. The van der Waals surface area contributed by atoms with Gasteiger partial charge in [-0.1, -0.05) is 65.1 Å². The van der Waals surface area contributed by atoms with Crippen LogP contribution in [0.1, 0.15) is 94.0 Å². The number of phenolic OH excluding ortho intramolecular Hbond substituents is 1. The molecular formula is C65H92N12O22S2. The van der Waals surface area contributed by atoms with Crippen molar-refractivity contribution < 1.29 is 108 Å². The van der Waals surface area contributed by atoms with Gasteiger partial charge in [-0.15, -0.1) is 10.2 Å². The van der Waals surface area contributed by atoms with Crippen molar-refractivity contribution in [1.29, 1.82) is 0 Å². The zero-order chi connectivity index (χ0) is 72.9. The van der Waals surface area contributed by atoms with Crippen molar-refractivity contribution in [3.05, 3.63) is 71.9 Å². The Kier molecular flexibility index (Phi) is 30.5. The molecule has 2 aromatic heterocycles. The lowest BCUT2D eigenvalue weighted by Gasteiger charge is -2.34. The molecule has 0 radical (unpaired) electrons. The summed E-state index contributed by atoms with van der Waals surface area (Å²) in [5.41, 5.74) is 1.42. The molecule has 101 heavy (non-hydrogen) atoms. The Morgan fingerprint density at radius 1 is 0.762 bits per heavy atom. The zero-order valence-corrected chi connectivity index (χ0v) is 57.8. The largest absolute Gasteiger partial charge is 0.504 e. The van der Waals surface area contributed by atoms with Crippen LogP contribution in [0, 0.1) is 5.92 Å². The first-order valence-electron chi connectivity index (χ1n) is 33.6. The van der Waals surface area contributed by atoms with E-state index < -0.39 is 184 Å². The summed E-state index contributed by atoms with van der Waals surface area (Å²) >= 11 is 1.35. The number of hydrogen-bond acceptors (Lipinski definition) is 29. The van der Waals surface area contributed by atoms with Crippen LogP contribution >= 0.6 is 23.7 Å². The third-order valence-electron chi connectivity index (χ3n) is 18.1. The minimum atomic E-state index is -2.17. The van der Waals surface area contributed by atoms with Gasteiger partial charge in [0.2, 0.25) is 35.4 Å². The molecule has 556 valence electrons. The van der Waals surface area contributed by atoms with E-state index in [1.54, 1.807) is 25.4 Å². The van der Waals surface area contributed by atoms with E-state index in [-0.39, 0.29) is 48.4 Å². The lowest BCUT2D eigenvalue weighted by molar-refractivity contribution is -0.433. The molecule has 4 aromatic rings. The Bertz CT molecular complexity index is 3350. The number of ether oxygens (including phenoxy) is 2. The van der Waals surface area contributed by atoms with Crippen LogP contribution in [0.15, 0.2) is 60.8 Å². The van der Waals surface area contributed by atoms with E-state index in [4.69, 9.17) is 23.9 Å². The minimum Gasteiger partial charge on any atom is -0.504 e. The van der Waals surface area contributed by atoms with E-state index in [9.17, 15) is 74.7 Å². The van der Waals surface area contributed by atoms with Crippen molar-refractivity contribution in [2.45, 2.75) is 169 Å². The molecule has 1 unspecified atom stereocenters. The SMILES string of the molecule is COCCCCCCCOC1CCN(c2ccc(-c3nnc(-c4ccc(C(=O)NC5C[C@@H](O)CNC(=O)[C@@H]6[C@@H](O)[C@@H](C)CN6C(=O)[C@H]([C@H](O)CCNC(CO)CO)NC(=O)[C@H]([C@H](O)Cc6ccc(O)c(OSOOO)c6)NC(=O)[C@@H]6C[C@@H](O)CN6C(=O)[C@H]([C@@H](C)O)NC5=O)cc4)s3)cn2)CC1. The second kappa shape index (κ2) is 38.8. The van der Waals surface area contributed by atoms with Crippen LogP contribution in [0.2, 0.25) is 0 Å². The summed E-state index contributed by atoms with van der Waals surface area (Å²) in [6, 6.07) is 1.15. The highest BCUT2D eigenvalue weighted by molar-refractivity contribution is 7.90. The summed E-state index contributed by atoms with van der Waals surface area (Å²) in [7, 11) is 1.72. The van der Waals surface area contributed by atoms with Crippen molar-refractivity contribution in [1.82, 2.24) is 56.9 Å². The first kappa shape index (κ1) is 79.3. The van der Waals surface area contributed by atoms with Crippen LogP contribution in [-0.2, 0) is 54.0 Å². The molecule has 4 fully saturated rings. The number of piperidine rings is 1. The van der Waals surface area contributed by atoms with Crippen LogP contribution in [-0.4, -0.2) is 275 Å². The van der Waals surface area contributed by atoms with Gasteiger partial charge in [-0.05, 0) is 87.5 Å². The molecule has 36 heteroatoms. The van der Waals surface area contributed by atoms with E-state index in [1.165, 1.54) is 42.9 Å². The maximum absolute atomic E-state index is 15.0. The number of rotatable bonds is 29. The Balaban J connectivity index is 1.02. The van der Waals surface area contributed by atoms with E-state index in [0.29, 0.717) is 15.6 Å². The highest BCUT2D eigenvalue weighted by Gasteiger charge is 2.50. The van der Waals surface area contributed by atoms with Crippen LogP contribution < -0.4 is 41.0 Å². The number of methoxy groups -OCH3 is 1. The van der Waals surface area contributed by atoms with E-state index in [2.05, 4.69) is 56.4 Å². The van der Waals surface area contributed by atoms with Crippen LogP contribution in [0.25, 0.3) is 21.1 Å². The second-order valence-corrected chi connectivity index (χ2v) is 27.0. The topological polar surface area (TPSA) is 489 Å². The first-order chi connectivity index (χ1) is 48.5. The lowest BCUT2D eigenvalue weighted by atomic mass is 9.98. The number of aromatic nitrogens is 3. The van der Waals surface area contributed by atoms with E-state index in [1.807, 2.05) is 12.1 Å². The number of β-amino-alcohol motifs (C(OH)–C–C–N with tert-alkyl or cyclic N) is 1. The average Bonchev–Trinajstić information content (AvgIpc) is 1.69. The number of aromatic hydroxyl groups is 1. The van der Waals surface area contributed by atoms with Gasteiger partial charge in [0.15, 0.2) is 11.5 Å². The molecule has 13 atom stereocenters. The van der Waals surface area contributed by atoms with E-state index in [0.717, 1.165) is 105 Å². The van der Waals surface area contributed by atoms with Gasteiger partial charge < -0.3 is 106 Å². The lowest BCUT2D eigenvalue weighted by Crippen LogP contribution is -2.64. The average molecular weight is 1460 g/mol. The molecule has 16 N–H and O–H groups in total. The number of aliphatic hydroxyl groups excluding tert-OH is 8. The normalized spacial score (nSPS) is 24.8. The standard InChI is InChI=1S/C65H92N12O22S2/c1-35-31-77-55(56(35)86)61(91)68-30-42(81)27-45(69-57(87)38-10-12-39(13-11-38)62-73-74-63(100-62)40-14-16-51(67-29-40)75-21-18-44(19-22-75)96-24-8-6-4-5-7-23-95-3)58(88)70-52(36(2)80)64(92)76-32-43(82)28-46(76)59(89)71-53(49(85)25-37-9-15-47(83)50(26-37)97-101-99-98-94)60(90)72-54(65(77)93)48(84)17-20-66-41(33-78)34-79/h9-16,26,29,35-36,41-46,48-49,52-56,66,78-86,94H,4-8,17-25,27-28,30-34H2,1-3H3,(H,68,91)(H,69,87)(H,70,88)(H,71,89)(H,72,90)/t35-,36+,42+,43+,45?,46-,48+,49+,52-,53-,54-,55-,56-/m0/s1. The summed E-state index contributed by atoms with van der Waals surface area (Å²) in [6.07, 6.45) is -3.38. The minimum absolute atomic E-state index is 0.00445. The van der Waals surface area contributed by atoms with Gasteiger partial charge in [0.1, 0.15) is 52.1 Å².